The van der Waals surface area contributed by atoms with Gasteiger partial charge in [-0.05, 0) is 38.4 Å². The van der Waals surface area contributed by atoms with Crippen LogP contribution in [0.25, 0.3) is 0 Å². The Morgan fingerprint density at radius 2 is 2.29 bits per heavy atom. The number of pyridine rings is 1. The minimum absolute atomic E-state index is 0.136. The van der Waals surface area contributed by atoms with Crippen molar-refractivity contribution in [3.8, 4) is 17.7 Å². The summed E-state index contributed by atoms with van der Waals surface area (Å²) >= 11 is 0. The van der Waals surface area contributed by atoms with Crippen LogP contribution in [0.5, 0.6) is 11.6 Å². The van der Waals surface area contributed by atoms with Crippen LogP contribution in [0.4, 0.5) is 5.69 Å². The summed E-state index contributed by atoms with van der Waals surface area (Å²) in [5, 5.41) is 12.3. The summed E-state index contributed by atoms with van der Waals surface area (Å²) in [4.78, 5) is 16.7. The molecular weight excluding hydrogens is 356 g/mol. The first-order chi connectivity index (χ1) is 15.3. The van der Waals surface area contributed by atoms with E-state index in [0.29, 0.717) is 28.1 Å². The van der Waals surface area contributed by atoms with E-state index in [9.17, 15) is 10.1 Å². The van der Waals surface area contributed by atoms with Gasteiger partial charge < -0.3 is 20.5 Å². The molecule has 1 amide bonds. The highest BCUT2D eigenvalue weighted by atomic mass is 16.5. The topological polar surface area (TPSA) is 110 Å². The third-order valence-electron chi connectivity index (χ3n) is 4.65. The zero-order valence-electron chi connectivity index (χ0n) is 20.6. The van der Waals surface area contributed by atoms with Crippen LogP contribution in [0.3, 0.4) is 0 Å². The van der Waals surface area contributed by atoms with Crippen LogP contribution in [0.1, 0.15) is 48.8 Å². The van der Waals surface area contributed by atoms with Gasteiger partial charge in [0.25, 0.3) is 0 Å². The van der Waals surface area contributed by atoms with Gasteiger partial charge in [0.1, 0.15) is 5.75 Å². The highest BCUT2D eigenvalue weighted by Crippen LogP contribution is 2.48. The maximum atomic E-state index is 12.5. The molecule has 2 aromatic rings. The van der Waals surface area contributed by atoms with Gasteiger partial charge in [0.05, 0.1) is 45.2 Å². The fourth-order valence-electron chi connectivity index (χ4n) is 3.45. The molecule has 1 aliphatic heterocycles. The van der Waals surface area contributed by atoms with Crippen LogP contribution < -0.4 is 20.5 Å². The molecular formula is C21H22N4O3. The van der Waals surface area contributed by atoms with Gasteiger partial charge in [-0.3, -0.25) is 4.79 Å². The molecule has 1 atom stereocenters. The zero-order chi connectivity index (χ0) is 24.7. The van der Waals surface area contributed by atoms with E-state index in [2.05, 4.69) is 10.3 Å². The molecule has 7 nitrogen and oxygen atoms in total. The SMILES string of the molecule is [2H]C([2H])([2H])C([2H])([2H])Oc1ncc(C)c2c1[C@@H](c1ccc(C#N)cc1OC)C(C(N)=O)=C(C)N2. The quantitative estimate of drug-likeness (QED) is 0.821. The number of aromatic nitrogens is 1. The molecule has 2 heterocycles. The Morgan fingerprint density at radius 3 is 2.93 bits per heavy atom. The average molecular weight is 383 g/mol. The number of allylic oxidation sites excluding steroid dienone is 1. The summed E-state index contributed by atoms with van der Waals surface area (Å²) in [6.45, 7) is -2.76. The van der Waals surface area contributed by atoms with Crippen LogP contribution in [0.15, 0.2) is 35.7 Å². The number of methoxy groups -OCH3 is 1. The Morgan fingerprint density at radius 1 is 1.50 bits per heavy atom. The van der Waals surface area contributed by atoms with Gasteiger partial charge in [-0.15, -0.1) is 0 Å². The number of primary amides is 1. The van der Waals surface area contributed by atoms with Crippen molar-refractivity contribution in [2.45, 2.75) is 26.6 Å². The standard InChI is InChI=1S/C21H22N4O3/c1-5-28-21-18-17(14-7-6-13(9-22)8-15(14)27-4)16(20(23)26)12(3)25-19(18)11(2)10-24-21/h6-8,10,17,25H,5H2,1-4H3,(H2,23,26)/t17-/m0/s1/i1D3,5D2. The first-order valence-corrected chi connectivity index (χ1v) is 8.36. The van der Waals surface area contributed by atoms with Crippen molar-refractivity contribution in [3.63, 3.8) is 0 Å². The molecule has 3 N–H and O–H groups in total. The monoisotopic (exact) mass is 383 g/mol. The lowest BCUT2D eigenvalue weighted by molar-refractivity contribution is -0.114. The second-order valence-corrected chi connectivity index (χ2v) is 6.27. The number of fused-ring (bicyclic) bond motifs is 1. The fourth-order valence-corrected chi connectivity index (χ4v) is 3.45. The second-order valence-electron chi connectivity index (χ2n) is 6.27. The predicted molar refractivity (Wildman–Crippen MR) is 105 cm³/mol. The third kappa shape index (κ3) is 3.14. The van der Waals surface area contributed by atoms with Crippen molar-refractivity contribution in [1.82, 2.24) is 4.98 Å². The number of nitrogens with zero attached hydrogens (tertiary/aromatic N) is 2. The van der Waals surface area contributed by atoms with Crippen LogP contribution in [-0.2, 0) is 4.79 Å². The Labute approximate surface area is 170 Å². The Kier molecular flexibility index (Phi) is 3.70. The fraction of sp³-hybridized carbons (Fsp3) is 0.286. The molecule has 0 bridgehead atoms. The van der Waals surface area contributed by atoms with Crippen molar-refractivity contribution in [2.75, 3.05) is 19.0 Å². The molecule has 0 radical (unpaired) electrons. The molecule has 0 aliphatic carbocycles. The number of ether oxygens (including phenoxy) is 2. The van der Waals surface area contributed by atoms with E-state index >= 15 is 0 Å². The molecule has 7 heteroatoms. The van der Waals surface area contributed by atoms with Crippen molar-refractivity contribution < 1.29 is 21.1 Å². The minimum Gasteiger partial charge on any atom is -0.496 e. The summed E-state index contributed by atoms with van der Waals surface area (Å²) in [6, 6.07) is 6.65. The summed E-state index contributed by atoms with van der Waals surface area (Å²) in [7, 11) is 1.40. The number of anilines is 1. The van der Waals surface area contributed by atoms with Crippen molar-refractivity contribution >= 4 is 11.6 Å². The van der Waals surface area contributed by atoms with Crippen molar-refractivity contribution in [2.24, 2.45) is 5.73 Å². The van der Waals surface area contributed by atoms with E-state index in [1.165, 1.54) is 19.4 Å². The van der Waals surface area contributed by atoms with E-state index in [1.54, 1.807) is 26.0 Å². The van der Waals surface area contributed by atoms with Crippen LogP contribution in [0, 0.1) is 18.3 Å². The van der Waals surface area contributed by atoms with Gasteiger partial charge in [-0.25, -0.2) is 4.98 Å². The average Bonchev–Trinajstić information content (AvgIpc) is 2.73. The maximum absolute atomic E-state index is 12.5. The van der Waals surface area contributed by atoms with Gasteiger partial charge in [-0.1, -0.05) is 6.07 Å². The van der Waals surface area contributed by atoms with Crippen molar-refractivity contribution in [1.29, 1.82) is 5.26 Å². The van der Waals surface area contributed by atoms with Gasteiger partial charge in [-0.2, -0.15) is 5.26 Å². The first kappa shape index (κ1) is 13.6. The molecule has 1 aromatic heterocycles. The number of hydrogen-bond acceptors (Lipinski definition) is 6. The first-order valence-electron chi connectivity index (χ1n) is 10.9. The smallest absolute Gasteiger partial charge is 0.247 e. The van der Waals surface area contributed by atoms with Crippen LogP contribution in [-0.4, -0.2) is 24.6 Å². The number of nitrogens with one attached hydrogen (secondary N) is 1. The van der Waals surface area contributed by atoms with E-state index in [4.69, 9.17) is 22.1 Å². The minimum atomic E-state index is -3.10. The Balaban J connectivity index is 2.36. The van der Waals surface area contributed by atoms with Gasteiger partial charge >= 0.3 is 0 Å². The number of amides is 1. The maximum Gasteiger partial charge on any atom is 0.247 e. The second kappa shape index (κ2) is 7.61. The predicted octanol–water partition coefficient (Wildman–Crippen LogP) is 2.99. The summed E-state index contributed by atoms with van der Waals surface area (Å²) in [5.41, 5.74) is 8.42. The molecule has 0 fully saturated rings. The number of nitrogens with two attached hydrogens (primary N) is 1. The molecule has 144 valence electrons. The lowest BCUT2D eigenvalue weighted by atomic mass is 9.79. The number of rotatable bonds is 5. The molecule has 0 unspecified atom stereocenters. The Hall–Kier alpha value is -3.53. The number of carbonyl (C=O) groups is 1. The van der Waals surface area contributed by atoms with E-state index < -0.39 is 25.2 Å². The number of hydrogen-bond donors (Lipinski definition) is 2. The third-order valence-corrected chi connectivity index (χ3v) is 4.65. The normalized spacial score (nSPS) is 18.9. The molecule has 28 heavy (non-hydrogen) atoms. The molecule has 0 saturated carbocycles. The lowest BCUT2D eigenvalue weighted by Gasteiger charge is -2.32. The summed E-state index contributed by atoms with van der Waals surface area (Å²) in [5.74, 6) is -1.72. The van der Waals surface area contributed by atoms with Gasteiger partial charge in [0, 0.05) is 27.1 Å². The molecule has 1 aromatic carbocycles. The van der Waals surface area contributed by atoms with E-state index in [1.807, 2.05) is 6.07 Å². The summed E-state index contributed by atoms with van der Waals surface area (Å²) < 4.78 is 49.1. The highest BCUT2D eigenvalue weighted by Gasteiger charge is 2.36. The number of carbonyl (C=O) groups excluding carboxylic acids is 1. The van der Waals surface area contributed by atoms with E-state index in [0.717, 1.165) is 0 Å². The summed E-state index contributed by atoms with van der Waals surface area (Å²) in [6.07, 6.45) is 1.41. The largest absolute Gasteiger partial charge is 0.496 e. The zero-order valence-corrected chi connectivity index (χ0v) is 15.6. The number of benzene rings is 1. The molecule has 0 saturated heterocycles. The van der Waals surface area contributed by atoms with Crippen LogP contribution in [0.2, 0.25) is 0 Å². The van der Waals surface area contributed by atoms with Crippen molar-refractivity contribution in [3.05, 3.63) is 57.9 Å². The van der Waals surface area contributed by atoms with Crippen LogP contribution >= 0.6 is 0 Å². The van der Waals surface area contributed by atoms with E-state index in [-0.39, 0.29) is 22.8 Å². The number of nitriles is 1. The number of aryl methyl sites for hydroxylation is 1. The highest BCUT2D eigenvalue weighted by molar-refractivity contribution is 5.98. The molecule has 1 aliphatic rings. The molecule has 3 rings (SSSR count). The van der Waals surface area contributed by atoms with Gasteiger partial charge in [0.15, 0.2) is 0 Å². The molecule has 0 spiro atoms. The van der Waals surface area contributed by atoms with Gasteiger partial charge in [0.2, 0.25) is 11.8 Å². The lowest BCUT2D eigenvalue weighted by Crippen LogP contribution is -2.28. The Bertz CT molecular complexity index is 1200.